The Hall–Kier alpha value is -1.04. The van der Waals surface area contributed by atoms with Crippen molar-refractivity contribution in [3.63, 3.8) is 0 Å². The van der Waals surface area contributed by atoms with Crippen LogP contribution >= 0.6 is 0 Å². The van der Waals surface area contributed by atoms with Crippen LogP contribution in [0.15, 0.2) is 49.6 Å². The largest absolute Gasteiger partial charge is 0.103 e. The van der Waals surface area contributed by atoms with E-state index in [1.807, 2.05) is 24.3 Å². The monoisotopic (exact) mass is 134 g/mol. The SMILES string of the molecule is C=CC=C/C=C/CCC=C. The van der Waals surface area contributed by atoms with Gasteiger partial charge in [0.25, 0.3) is 0 Å². The Bertz CT molecular complexity index is 138. The molecule has 54 valence electrons. The third kappa shape index (κ3) is 6.96. The summed E-state index contributed by atoms with van der Waals surface area (Å²) in [5.74, 6) is 0. The molecule has 0 fully saturated rings. The molecule has 0 N–H and O–H groups in total. The van der Waals surface area contributed by atoms with Gasteiger partial charge in [0.05, 0.1) is 0 Å². The van der Waals surface area contributed by atoms with E-state index in [9.17, 15) is 0 Å². The van der Waals surface area contributed by atoms with Gasteiger partial charge in [-0.25, -0.2) is 0 Å². The number of rotatable bonds is 5. The van der Waals surface area contributed by atoms with Crippen LogP contribution in [0.2, 0.25) is 0 Å². The lowest BCUT2D eigenvalue weighted by molar-refractivity contribution is 1.06. The molecule has 0 amide bonds. The van der Waals surface area contributed by atoms with Crippen LogP contribution in [-0.4, -0.2) is 0 Å². The van der Waals surface area contributed by atoms with Crippen LogP contribution in [0.3, 0.4) is 0 Å². The average Bonchev–Trinajstić information content (AvgIpc) is 1.97. The summed E-state index contributed by atoms with van der Waals surface area (Å²) >= 11 is 0. The van der Waals surface area contributed by atoms with Crippen molar-refractivity contribution < 1.29 is 0 Å². The topological polar surface area (TPSA) is 0 Å². The molecule has 0 unspecified atom stereocenters. The molecule has 0 heterocycles. The maximum atomic E-state index is 3.63. The van der Waals surface area contributed by atoms with E-state index in [1.54, 1.807) is 6.08 Å². The Kier molecular flexibility index (Phi) is 7.13. The van der Waals surface area contributed by atoms with Crippen LogP contribution in [0.1, 0.15) is 12.8 Å². The molecule has 0 rings (SSSR count). The Balaban J connectivity index is 3.27. The van der Waals surface area contributed by atoms with Crippen molar-refractivity contribution >= 4 is 0 Å². The molecule has 0 aliphatic heterocycles. The highest BCUT2D eigenvalue weighted by Crippen LogP contribution is 1.90. The van der Waals surface area contributed by atoms with Gasteiger partial charge in [-0.3, -0.25) is 0 Å². The van der Waals surface area contributed by atoms with Gasteiger partial charge in [-0.15, -0.1) is 6.58 Å². The van der Waals surface area contributed by atoms with Crippen molar-refractivity contribution in [2.75, 3.05) is 0 Å². The van der Waals surface area contributed by atoms with Crippen LogP contribution in [-0.2, 0) is 0 Å². The van der Waals surface area contributed by atoms with Crippen LogP contribution in [0.4, 0.5) is 0 Å². The van der Waals surface area contributed by atoms with Crippen LogP contribution in [0.5, 0.6) is 0 Å². The molecule has 0 bridgehead atoms. The predicted molar refractivity (Wildman–Crippen MR) is 47.9 cm³/mol. The maximum Gasteiger partial charge on any atom is -0.0313 e. The minimum atomic E-state index is 1.05. The fourth-order valence-corrected chi connectivity index (χ4v) is 0.532. The van der Waals surface area contributed by atoms with E-state index in [4.69, 9.17) is 0 Å². The van der Waals surface area contributed by atoms with Gasteiger partial charge >= 0.3 is 0 Å². The number of unbranched alkanes of at least 4 members (excludes halogenated alkanes) is 1. The predicted octanol–water partition coefficient (Wildman–Crippen LogP) is 3.25. The highest BCUT2D eigenvalue weighted by Gasteiger charge is 1.70. The molecule has 0 spiro atoms. The molecule has 0 nitrogen and oxygen atoms in total. The third-order valence-electron chi connectivity index (χ3n) is 1.03. The van der Waals surface area contributed by atoms with Gasteiger partial charge in [0.1, 0.15) is 0 Å². The Labute approximate surface area is 63.3 Å². The fourth-order valence-electron chi connectivity index (χ4n) is 0.532. The zero-order chi connectivity index (χ0) is 7.66. The summed E-state index contributed by atoms with van der Waals surface area (Å²) in [5.41, 5.74) is 0. The van der Waals surface area contributed by atoms with Crippen molar-refractivity contribution in [3.05, 3.63) is 49.6 Å². The molecular formula is C10H14. The zero-order valence-corrected chi connectivity index (χ0v) is 6.29. The van der Waals surface area contributed by atoms with Crippen molar-refractivity contribution in [1.29, 1.82) is 0 Å². The first-order chi connectivity index (χ1) is 4.91. The molecule has 0 radical (unpaired) electrons. The molecular weight excluding hydrogens is 120 g/mol. The van der Waals surface area contributed by atoms with Crippen molar-refractivity contribution in [1.82, 2.24) is 0 Å². The second kappa shape index (κ2) is 7.96. The average molecular weight is 134 g/mol. The first kappa shape index (κ1) is 8.96. The lowest BCUT2D eigenvalue weighted by Gasteiger charge is -1.80. The van der Waals surface area contributed by atoms with E-state index in [1.165, 1.54) is 0 Å². The molecule has 0 heteroatoms. The lowest BCUT2D eigenvalue weighted by Crippen LogP contribution is -1.60. The van der Waals surface area contributed by atoms with Crippen LogP contribution in [0.25, 0.3) is 0 Å². The van der Waals surface area contributed by atoms with E-state index < -0.39 is 0 Å². The Morgan fingerprint density at radius 2 is 1.70 bits per heavy atom. The van der Waals surface area contributed by atoms with Gasteiger partial charge < -0.3 is 0 Å². The first-order valence-electron chi connectivity index (χ1n) is 3.47. The maximum absolute atomic E-state index is 3.63. The summed E-state index contributed by atoms with van der Waals surface area (Å²) in [7, 11) is 0. The Morgan fingerprint density at radius 3 is 2.30 bits per heavy atom. The summed E-state index contributed by atoms with van der Waals surface area (Å²) in [6.45, 7) is 7.18. The zero-order valence-electron chi connectivity index (χ0n) is 6.29. The summed E-state index contributed by atoms with van der Waals surface area (Å²) in [4.78, 5) is 0. The summed E-state index contributed by atoms with van der Waals surface area (Å²) in [6, 6.07) is 0. The summed E-state index contributed by atoms with van der Waals surface area (Å²) in [6.07, 6.45) is 13.8. The standard InChI is InChI=1S/C10H14/c1-3-5-7-9-10-8-6-4-2/h3-5,7,9-10H,1-2,6,8H2/b7-5?,10-9+. The summed E-state index contributed by atoms with van der Waals surface area (Å²) < 4.78 is 0. The molecule has 0 atom stereocenters. The Morgan fingerprint density at radius 1 is 0.900 bits per heavy atom. The lowest BCUT2D eigenvalue weighted by atomic mass is 10.3. The third-order valence-corrected chi connectivity index (χ3v) is 1.03. The quantitative estimate of drug-likeness (QED) is 0.307. The van der Waals surface area contributed by atoms with Crippen LogP contribution in [0, 0.1) is 0 Å². The second-order valence-corrected chi connectivity index (χ2v) is 1.91. The molecule has 0 aliphatic carbocycles. The summed E-state index contributed by atoms with van der Waals surface area (Å²) in [5, 5.41) is 0. The molecule has 0 aliphatic rings. The van der Waals surface area contributed by atoms with Gasteiger partial charge in [0, 0.05) is 0 Å². The molecule has 0 aromatic rings. The van der Waals surface area contributed by atoms with Crippen molar-refractivity contribution in [2.24, 2.45) is 0 Å². The smallest absolute Gasteiger partial charge is 0.0313 e. The van der Waals surface area contributed by atoms with Gasteiger partial charge in [0.2, 0.25) is 0 Å². The second-order valence-electron chi connectivity index (χ2n) is 1.91. The minimum absolute atomic E-state index is 1.05. The number of allylic oxidation sites excluding steroid dienone is 6. The first-order valence-corrected chi connectivity index (χ1v) is 3.47. The van der Waals surface area contributed by atoms with Gasteiger partial charge in [-0.2, -0.15) is 0 Å². The molecule has 0 saturated carbocycles. The normalized spacial score (nSPS) is 10.8. The molecule has 0 saturated heterocycles. The van der Waals surface area contributed by atoms with E-state index >= 15 is 0 Å². The molecule has 0 aromatic carbocycles. The van der Waals surface area contributed by atoms with Crippen LogP contribution < -0.4 is 0 Å². The number of hydrogen-bond acceptors (Lipinski definition) is 0. The number of hydrogen-bond donors (Lipinski definition) is 0. The van der Waals surface area contributed by atoms with Crippen molar-refractivity contribution in [2.45, 2.75) is 12.8 Å². The van der Waals surface area contributed by atoms with E-state index in [0.29, 0.717) is 0 Å². The minimum Gasteiger partial charge on any atom is -0.103 e. The highest BCUT2D eigenvalue weighted by atomic mass is 13.8. The molecule has 10 heavy (non-hydrogen) atoms. The fraction of sp³-hybridized carbons (Fsp3) is 0.200. The van der Waals surface area contributed by atoms with E-state index in [0.717, 1.165) is 12.8 Å². The van der Waals surface area contributed by atoms with Crippen molar-refractivity contribution in [3.8, 4) is 0 Å². The highest BCUT2D eigenvalue weighted by molar-refractivity contribution is 5.08. The van der Waals surface area contributed by atoms with Gasteiger partial charge in [-0.05, 0) is 12.8 Å². The molecule has 0 aromatic heterocycles. The van der Waals surface area contributed by atoms with Gasteiger partial charge in [-0.1, -0.05) is 43.0 Å². The van der Waals surface area contributed by atoms with E-state index in [2.05, 4.69) is 19.2 Å². The van der Waals surface area contributed by atoms with E-state index in [-0.39, 0.29) is 0 Å². The van der Waals surface area contributed by atoms with Gasteiger partial charge in [0.15, 0.2) is 0 Å².